The van der Waals surface area contributed by atoms with E-state index in [-0.39, 0.29) is 5.54 Å². The molecule has 0 spiro atoms. The van der Waals surface area contributed by atoms with Crippen molar-refractivity contribution in [3.63, 3.8) is 0 Å². The number of nitrogens with zero attached hydrogens (tertiary/aromatic N) is 2. The van der Waals surface area contributed by atoms with Crippen molar-refractivity contribution in [3.05, 3.63) is 41.2 Å². The first-order valence-corrected chi connectivity index (χ1v) is 6.78. The summed E-state index contributed by atoms with van der Waals surface area (Å²) in [7, 11) is 3.65. The molecule has 1 aromatic heterocycles. The minimum Gasteiger partial charge on any atom is -0.497 e. The molecule has 0 saturated heterocycles. The van der Waals surface area contributed by atoms with Gasteiger partial charge in [-0.25, -0.2) is 0 Å². The van der Waals surface area contributed by atoms with Crippen molar-refractivity contribution in [1.82, 2.24) is 9.78 Å². The van der Waals surface area contributed by atoms with Crippen LogP contribution in [0.5, 0.6) is 5.75 Å². The Kier molecular flexibility index (Phi) is 3.75. The molecule has 0 aliphatic rings. The summed E-state index contributed by atoms with van der Waals surface area (Å²) in [5.41, 5.74) is 4.30. The maximum atomic E-state index is 5.21. The average molecular weight is 273 g/mol. The molecule has 0 aliphatic heterocycles. The number of benzene rings is 1. The van der Waals surface area contributed by atoms with Crippen LogP contribution >= 0.6 is 0 Å². The van der Waals surface area contributed by atoms with Crippen LogP contribution in [0.2, 0.25) is 0 Å². The monoisotopic (exact) mass is 273 g/mol. The molecule has 1 N–H and O–H groups in total. The Hall–Kier alpha value is -1.97. The van der Waals surface area contributed by atoms with Gasteiger partial charge in [0, 0.05) is 7.05 Å². The number of anilines is 1. The molecule has 108 valence electrons. The topological polar surface area (TPSA) is 39.1 Å². The number of hydrogen-bond acceptors (Lipinski definition) is 3. The van der Waals surface area contributed by atoms with Crippen LogP contribution in [0.3, 0.4) is 0 Å². The molecule has 20 heavy (non-hydrogen) atoms. The highest BCUT2D eigenvalue weighted by atomic mass is 16.5. The smallest absolute Gasteiger partial charge is 0.118 e. The standard InChI is InChI=1S/C16H23N3O/c1-11-15(12(2)19(5)18-11)17-16(3,4)13-7-9-14(20-6)10-8-13/h7-10,17H,1-6H3. The molecule has 0 unspecified atom stereocenters. The molecule has 0 atom stereocenters. The van der Waals surface area contributed by atoms with Gasteiger partial charge >= 0.3 is 0 Å². The van der Waals surface area contributed by atoms with Crippen molar-refractivity contribution >= 4 is 5.69 Å². The van der Waals surface area contributed by atoms with E-state index in [1.54, 1.807) is 7.11 Å². The third kappa shape index (κ3) is 2.64. The fourth-order valence-electron chi connectivity index (χ4n) is 2.35. The second-order valence-electron chi connectivity index (χ2n) is 5.65. The number of rotatable bonds is 4. The summed E-state index contributed by atoms with van der Waals surface area (Å²) in [6.45, 7) is 8.44. The van der Waals surface area contributed by atoms with E-state index in [4.69, 9.17) is 4.74 Å². The summed E-state index contributed by atoms with van der Waals surface area (Å²) in [4.78, 5) is 0. The molecule has 2 rings (SSSR count). The lowest BCUT2D eigenvalue weighted by atomic mass is 9.93. The first-order chi connectivity index (χ1) is 9.35. The van der Waals surface area contributed by atoms with Crippen molar-refractivity contribution in [2.45, 2.75) is 33.2 Å². The highest BCUT2D eigenvalue weighted by molar-refractivity contribution is 5.55. The second kappa shape index (κ2) is 5.19. The lowest BCUT2D eigenvalue weighted by molar-refractivity contribution is 0.414. The maximum Gasteiger partial charge on any atom is 0.118 e. The third-order valence-electron chi connectivity index (χ3n) is 3.76. The Bertz CT molecular complexity index is 597. The van der Waals surface area contributed by atoms with Crippen molar-refractivity contribution < 1.29 is 4.74 Å². The Morgan fingerprint density at radius 2 is 1.75 bits per heavy atom. The Morgan fingerprint density at radius 3 is 2.20 bits per heavy atom. The van der Waals surface area contributed by atoms with Crippen LogP contribution in [0, 0.1) is 13.8 Å². The molecule has 0 saturated carbocycles. The summed E-state index contributed by atoms with van der Waals surface area (Å²) in [6, 6.07) is 8.16. The molecule has 0 radical (unpaired) electrons. The highest BCUT2D eigenvalue weighted by Gasteiger charge is 2.23. The van der Waals surface area contributed by atoms with Gasteiger partial charge in [0.25, 0.3) is 0 Å². The van der Waals surface area contributed by atoms with Crippen LogP contribution in [0.4, 0.5) is 5.69 Å². The van der Waals surface area contributed by atoms with Gasteiger partial charge in [-0.15, -0.1) is 0 Å². The van der Waals surface area contributed by atoms with Crippen LogP contribution in [0.25, 0.3) is 0 Å². The lowest BCUT2D eigenvalue weighted by Gasteiger charge is -2.28. The number of hydrogen-bond donors (Lipinski definition) is 1. The highest BCUT2D eigenvalue weighted by Crippen LogP contribution is 2.30. The van der Waals surface area contributed by atoms with Gasteiger partial charge in [0.05, 0.1) is 29.7 Å². The molecular weight excluding hydrogens is 250 g/mol. The molecule has 0 aliphatic carbocycles. The van der Waals surface area contributed by atoms with Gasteiger partial charge in [-0.3, -0.25) is 4.68 Å². The second-order valence-corrected chi connectivity index (χ2v) is 5.65. The summed E-state index contributed by atoms with van der Waals surface area (Å²) in [5.74, 6) is 0.873. The van der Waals surface area contributed by atoms with E-state index in [2.05, 4.69) is 43.3 Å². The number of nitrogens with one attached hydrogen (secondary N) is 1. The van der Waals surface area contributed by atoms with Gasteiger partial charge < -0.3 is 10.1 Å². The molecule has 4 nitrogen and oxygen atoms in total. The molecule has 1 heterocycles. The predicted octanol–water partition coefficient (Wildman–Crippen LogP) is 3.39. The van der Waals surface area contributed by atoms with E-state index in [9.17, 15) is 0 Å². The fraction of sp³-hybridized carbons (Fsp3) is 0.438. The molecule has 0 amide bonds. The van der Waals surface area contributed by atoms with E-state index in [0.29, 0.717) is 0 Å². The predicted molar refractivity (Wildman–Crippen MR) is 82.3 cm³/mol. The van der Waals surface area contributed by atoms with Crippen molar-refractivity contribution in [3.8, 4) is 5.75 Å². The van der Waals surface area contributed by atoms with Crippen molar-refractivity contribution in [2.75, 3.05) is 12.4 Å². The van der Waals surface area contributed by atoms with Gasteiger partial charge in [-0.1, -0.05) is 12.1 Å². The van der Waals surface area contributed by atoms with E-state index in [0.717, 1.165) is 22.8 Å². The first-order valence-electron chi connectivity index (χ1n) is 6.78. The van der Waals surface area contributed by atoms with Gasteiger partial charge in [0.15, 0.2) is 0 Å². The van der Waals surface area contributed by atoms with Gasteiger partial charge in [0.1, 0.15) is 5.75 Å². The Labute approximate surface area is 120 Å². The molecule has 2 aromatic rings. The van der Waals surface area contributed by atoms with Crippen molar-refractivity contribution in [1.29, 1.82) is 0 Å². The number of ether oxygens (including phenoxy) is 1. The molecule has 1 aromatic carbocycles. The van der Waals surface area contributed by atoms with E-state index in [1.165, 1.54) is 5.56 Å². The number of aryl methyl sites for hydroxylation is 2. The van der Waals surface area contributed by atoms with E-state index < -0.39 is 0 Å². The van der Waals surface area contributed by atoms with Crippen LogP contribution in [0.15, 0.2) is 24.3 Å². The Balaban J connectivity index is 2.29. The van der Waals surface area contributed by atoms with Crippen LogP contribution in [0.1, 0.15) is 30.8 Å². The maximum absolute atomic E-state index is 5.21. The zero-order valence-electron chi connectivity index (χ0n) is 13.1. The van der Waals surface area contributed by atoms with Gasteiger partial charge in [-0.2, -0.15) is 5.10 Å². The van der Waals surface area contributed by atoms with Gasteiger partial charge in [-0.05, 0) is 45.4 Å². The van der Waals surface area contributed by atoms with Crippen LogP contribution in [-0.4, -0.2) is 16.9 Å². The molecule has 0 fully saturated rings. The fourth-order valence-corrected chi connectivity index (χ4v) is 2.35. The normalized spacial score (nSPS) is 11.5. The molecular formula is C16H23N3O. The van der Waals surface area contributed by atoms with Crippen LogP contribution in [-0.2, 0) is 12.6 Å². The largest absolute Gasteiger partial charge is 0.497 e. The molecule has 0 bridgehead atoms. The van der Waals surface area contributed by atoms with E-state index in [1.807, 2.05) is 30.8 Å². The minimum atomic E-state index is -0.176. The van der Waals surface area contributed by atoms with Crippen molar-refractivity contribution in [2.24, 2.45) is 7.05 Å². The SMILES string of the molecule is COc1ccc(C(C)(C)Nc2c(C)nn(C)c2C)cc1. The van der Waals surface area contributed by atoms with Gasteiger partial charge in [0.2, 0.25) is 0 Å². The number of aromatic nitrogens is 2. The lowest BCUT2D eigenvalue weighted by Crippen LogP contribution is -2.28. The minimum absolute atomic E-state index is 0.176. The summed E-state index contributed by atoms with van der Waals surface area (Å²) in [6.07, 6.45) is 0. The average Bonchev–Trinajstić information content (AvgIpc) is 2.65. The zero-order valence-corrected chi connectivity index (χ0v) is 13.1. The summed E-state index contributed by atoms with van der Waals surface area (Å²) >= 11 is 0. The Morgan fingerprint density at radius 1 is 1.15 bits per heavy atom. The third-order valence-corrected chi connectivity index (χ3v) is 3.76. The summed E-state index contributed by atoms with van der Waals surface area (Å²) in [5, 5.41) is 8.06. The van der Waals surface area contributed by atoms with E-state index >= 15 is 0 Å². The van der Waals surface area contributed by atoms with Crippen LogP contribution < -0.4 is 10.1 Å². The summed E-state index contributed by atoms with van der Waals surface area (Å²) < 4.78 is 7.11. The molecule has 4 heteroatoms. The number of methoxy groups -OCH3 is 1. The zero-order chi connectivity index (χ0) is 14.9. The quantitative estimate of drug-likeness (QED) is 0.928. The first kappa shape index (κ1) is 14.4.